The summed E-state index contributed by atoms with van der Waals surface area (Å²) in [4.78, 5) is 23.1. The fraction of sp³-hybridized carbons (Fsp3) is 0.412. The molecule has 0 aromatic heterocycles. The van der Waals surface area contributed by atoms with Crippen molar-refractivity contribution < 1.29 is 28.5 Å². The molecule has 0 bridgehead atoms. The highest BCUT2D eigenvalue weighted by atomic mass is 35.5. The smallest absolute Gasteiger partial charge is 0.159 e. The minimum atomic E-state index is -0.523. The molecule has 7 heteroatoms. The number of carbonyl (C=O) groups excluding carboxylic acids is 2. The van der Waals surface area contributed by atoms with Gasteiger partial charge >= 0.3 is 0 Å². The normalized spacial score (nSPS) is 17.1. The first kappa shape index (κ1) is 18.1. The molecule has 0 N–H and O–H groups in total. The predicted octanol–water partition coefficient (Wildman–Crippen LogP) is 3.20. The Hall–Kier alpha value is -2.21. The second kappa shape index (κ2) is 8.06. The van der Waals surface area contributed by atoms with Gasteiger partial charge in [0.2, 0.25) is 0 Å². The lowest BCUT2D eigenvalue weighted by Gasteiger charge is -2.25. The molecule has 0 amide bonds. The van der Waals surface area contributed by atoms with Crippen LogP contribution in [0, 0.1) is 0 Å². The number of rotatable bonds is 7. The van der Waals surface area contributed by atoms with Crippen LogP contribution in [-0.2, 0) is 9.53 Å². The number of hydrogen-bond acceptors (Lipinski definition) is 6. The lowest BCUT2D eigenvalue weighted by Crippen LogP contribution is -2.26. The summed E-state index contributed by atoms with van der Waals surface area (Å²) in [5.74, 6) is 1.15. The molecule has 0 saturated carbocycles. The van der Waals surface area contributed by atoms with Crippen LogP contribution in [-0.4, -0.2) is 39.0 Å². The van der Waals surface area contributed by atoms with E-state index in [0.717, 1.165) is 0 Å². The van der Waals surface area contributed by atoms with E-state index >= 15 is 0 Å². The van der Waals surface area contributed by atoms with Gasteiger partial charge in [0.15, 0.2) is 23.9 Å². The average Bonchev–Trinajstić information content (AvgIpc) is 2.59. The fourth-order valence-electron chi connectivity index (χ4n) is 2.44. The Balaban J connectivity index is 2.48. The van der Waals surface area contributed by atoms with Gasteiger partial charge in [-0.15, -0.1) is 0 Å². The molecule has 1 aliphatic rings. The number of aldehydes is 1. The minimum absolute atomic E-state index is 0.0333. The van der Waals surface area contributed by atoms with E-state index in [1.54, 1.807) is 13.0 Å². The van der Waals surface area contributed by atoms with Gasteiger partial charge in [-0.1, -0.05) is 11.6 Å². The molecule has 24 heavy (non-hydrogen) atoms. The topological polar surface area (TPSA) is 71.1 Å². The summed E-state index contributed by atoms with van der Waals surface area (Å²) in [6, 6.07) is 1.54. The zero-order chi connectivity index (χ0) is 17.7. The lowest BCUT2D eigenvalue weighted by atomic mass is 10.0. The molecule has 0 radical (unpaired) electrons. The van der Waals surface area contributed by atoms with Crippen LogP contribution in [0.1, 0.15) is 30.1 Å². The third-order valence-corrected chi connectivity index (χ3v) is 3.95. The Labute approximate surface area is 145 Å². The van der Waals surface area contributed by atoms with E-state index in [2.05, 4.69) is 0 Å². The second-order valence-corrected chi connectivity index (χ2v) is 5.42. The third-order valence-electron chi connectivity index (χ3n) is 3.59. The largest absolute Gasteiger partial charge is 0.497 e. The molecule has 1 aromatic rings. The average molecular weight is 355 g/mol. The van der Waals surface area contributed by atoms with E-state index in [4.69, 9.17) is 30.5 Å². The van der Waals surface area contributed by atoms with Crippen molar-refractivity contribution >= 4 is 23.7 Å². The van der Waals surface area contributed by atoms with Gasteiger partial charge in [-0.3, -0.25) is 9.59 Å². The molecule has 0 spiro atoms. The lowest BCUT2D eigenvalue weighted by molar-refractivity contribution is -0.116. The highest BCUT2D eigenvalue weighted by Crippen LogP contribution is 2.43. The number of ether oxygens (including phenoxy) is 4. The van der Waals surface area contributed by atoms with Crippen molar-refractivity contribution in [1.82, 2.24) is 0 Å². The van der Waals surface area contributed by atoms with Crippen LogP contribution >= 0.6 is 11.6 Å². The van der Waals surface area contributed by atoms with Crippen molar-refractivity contribution in [2.45, 2.75) is 25.9 Å². The maximum Gasteiger partial charge on any atom is 0.159 e. The first-order chi connectivity index (χ1) is 11.5. The highest BCUT2D eigenvalue weighted by Gasteiger charge is 2.28. The van der Waals surface area contributed by atoms with Gasteiger partial charge in [0.25, 0.3) is 0 Å². The second-order valence-electron chi connectivity index (χ2n) is 5.05. The van der Waals surface area contributed by atoms with Gasteiger partial charge < -0.3 is 18.9 Å². The van der Waals surface area contributed by atoms with Crippen LogP contribution < -0.4 is 14.2 Å². The van der Waals surface area contributed by atoms with Crippen molar-refractivity contribution in [2.75, 3.05) is 20.8 Å². The van der Waals surface area contributed by atoms with Crippen LogP contribution in [0.2, 0.25) is 5.02 Å². The molecule has 0 fully saturated rings. The van der Waals surface area contributed by atoms with E-state index in [1.807, 2.05) is 0 Å². The van der Waals surface area contributed by atoms with Gasteiger partial charge in [0.05, 0.1) is 20.8 Å². The van der Waals surface area contributed by atoms with E-state index in [1.165, 1.54) is 20.3 Å². The summed E-state index contributed by atoms with van der Waals surface area (Å²) in [5.41, 5.74) is 0.190. The number of benzene rings is 1. The Morgan fingerprint density at radius 3 is 2.62 bits per heavy atom. The molecule has 1 aliphatic carbocycles. The molecule has 1 atom stereocenters. The number of carbonyl (C=O) groups is 2. The van der Waals surface area contributed by atoms with Crippen LogP contribution in [0.25, 0.3) is 0 Å². The molecular formula is C17H19ClO6. The number of ketones is 1. The molecule has 0 heterocycles. The number of halogens is 1. The zero-order valence-corrected chi connectivity index (χ0v) is 14.5. The monoisotopic (exact) mass is 354 g/mol. The van der Waals surface area contributed by atoms with Gasteiger partial charge in [0.1, 0.15) is 27.8 Å². The molecule has 0 unspecified atom stereocenters. The summed E-state index contributed by atoms with van der Waals surface area (Å²) in [6.07, 6.45) is 2.25. The van der Waals surface area contributed by atoms with Crippen LogP contribution in [0.4, 0.5) is 0 Å². The van der Waals surface area contributed by atoms with Gasteiger partial charge in [0, 0.05) is 18.6 Å². The summed E-state index contributed by atoms with van der Waals surface area (Å²) >= 11 is 6.31. The molecule has 130 valence electrons. The SMILES string of the molecule is CCOc1cc(OC)c(Cl)c(O[C@H]2CCC(=O)C=C2OC)c1C=O. The van der Waals surface area contributed by atoms with E-state index in [-0.39, 0.29) is 22.1 Å². The molecular weight excluding hydrogens is 336 g/mol. The van der Waals surface area contributed by atoms with Crippen LogP contribution in [0.3, 0.4) is 0 Å². The van der Waals surface area contributed by atoms with Gasteiger partial charge in [-0.2, -0.15) is 0 Å². The van der Waals surface area contributed by atoms with Crippen molar-refractivity contribution in [2.24, 2.45) is 0 Å². The van der Waals surface area contributed by atoms with E-state index in [0.29, 0.717) is 43.0 Å². The Kier molecular flexibility index (Phi) is 6.09. The fourth-order valence-corrected chi connectivity index (χ4v) is 2.72. The van der Waals surface area contributed by atoms with Gasteiger partial charge in [-0.25, -0.2) is 0 Å². The predicted molar refractivity (Wildman–Crippen MR) is 88.3 cm³/mol. The first-order valence-corrected chi connectivity index (χ1v) is 7.87. The Morgan fingerprint density at radius 1 is 1.29 bits per heavy atom. The number of hydrogen-bond donors (Lipinski definition) is 0. The summed E-state index contributed by atoms with van der Waals surface area (Å²) in [5, 5.41) is 0.162. The third kappa shape index (κ3) is 3.64. The first-order valence-electron chi connectivity index (χ1n) is 7.49. The molecule has 0 aliphatic heterocycles. The molecule has 2 rings (SSSR count). The highest BCUT2D eigenvalue weighted by molar-refractivity contribution is 6.34. The maximum absolute atomic E-state index is 11.6. The minimum Gasteiger partial charge on any atom is -0.497 e. The quantitative estimate of drug-likeness (QED) is 0.700. The standard InChI is InChI=1S/C17H19ClO6/c1-4-23-13-8-15(22-3)16(18)17(11(13)9-19)24-12-6-5-10(20)7-14(12)21-2/h7-9,12H,4-6H2,1-3H3/t12-/m0/s1. The van der Waals surface area contributed by atoms with Crippen molar-refractivity contribution in [3.05, 3.63) is 28.5 Å². The zero-order valence-electron chi connectivity index (χ0n) is 13.8. The maximum atomic E-state index is 11.6. The molecule has 1 aromatic carbocycles. The Morgan fingerprint density at radius 2 is 2.04 bits per heavy atom. The Bertz CT molecular complexity index is 668. The number of methoxy groups -OCH3 is 2. The van der Waals surface area contributed by atoms with Crippen molar-refractivity contribution in [3.63, 3.8) is 0 Å². The van der Waals surface area contributed by atoms with Crippen LogP contribution in [0.15, 0.2) is 17.9 Å². The summed E-state index contributed by atoms with van der Waals surface area (Å²) in [6.45, 7) is 2.17. The van der Waals surface area contributed by atoms with E-state index in [9.17, 15) is 9.59 Å². The summed E-state index contributed by atoms with van der Waals surface area (Å²) in [7, 11) is 2.92. The van der Waals surface area contributed by atoms with Crippen LogP contribution in [0.5, 0.6) is 17.2 Å². The molecule has 0 saturated heterocycles. The van der Waals surface area contributed by atoms with Crippen molar-refractivity contribution in [3.8, 4) is 17.2 Å². The summed E-state index contributed by atoms with van der Waals surface area (Å²) < 4.78 is 21.8. The van der Waals surface area contributed by atoms with Crippen molar-refractivity contribution in [1.29, 1.82) is 0 Å². The molecule has 6 nitrogen and oxygen atoms in total. The van der Waals surface area contributed by atoms with Gasteiger partial charge in [-0.05, 0) is 13.3 Å². The number of allylic oxidation sites excluding steroid dienone is 1. The van der Waals surface area contributed by atoms with E-state index < -0.39 is 6.10 Å².